The quantitative estimate of drug-likeness (QED) is 0.856. The molecule has 108 valence electrons. The van der Waals surface area contributed by atoms with E-state index in [1.807, 2.05) is 11.6 Å². The Bertz CT molecular complexity index is 424. The molecule has 2 heterocycles. The average Bonchev–Trinajstić information content (AvgIpc) is 2.94. The van der Waals surface area contributed by atoms with E-state index in [1.54, 1.807) is 0 Å². The molecule has 1 aromatic rings. The summed E-state index contributed by atoms with van der Waals surface area (Å²) in [6, 6.07) is 0.328. The Morgan fingerprint density at radius 1 is 1.47 bits per heavy atom. The van der Waals surface area contributed by atoms with Crippen LogP contribution in [-0.4, -0.2) is 40.9 Å². The first-order valence-corrected chi connectivity index (χ1v) is 7.33. The third kappa shape index (κ3) is 3.03. The first-order valence-electron chi connectivity index (χ1n) is 7.33. The van der Waals surface area contributed by atoms with Gasteiger partial charge < -0.3 is 16.0 Å². The molecule has 1 aliphatic heterocycles. The second-order valence-corrected chi connectivity index (χ2v) is 5.81. The van der Waals surface area contributed by atoms with Crippen molar-refractivity contribution in [2.75, 3.05) is 37.2 Å². The van der Waals surface area contributed by atoms with Crippen molar-refractivity contribution in [3.63, 3.8) is 0 Å². The minimum absolute atomic E-state index is 0.328. The molecule has 0 radical (unpaired) electrons. The molecule has 0 aromatic carbocycles. The maximum Gasteiger partial charge on any atom is 0.148 e. The highest BCUT2D eigenvalue weighted by molar-refractivity contribution is 5.64. The molecule has 0 amide bonds. The van der Waals surface area contributed by atoms with Gasteiger partial charge in [0.15, 0.2) is 0 Å². The second kappa shape index (κ2) is 5.82. The summed E-state index contributed by atoms with van der Waals surface area (Å²) >= 11 is 0. The Labute approximate surface area is 116 Å². The number of hydrogen-bond donors (Lipinski definition) is 2. The zero-order valence-corrected chi connectivity index (χ0v) is 12.6. The van der Waals surface area contributed by atoms with E-state index in [4.69, 9.17) is 5.73 Å². The van der Waals surface area contributed by atoms with Crippen molar-refractivity contribution in [1.29, 1.82) is 0 Å². The molecular formula is C14H27N5. The smallest absolute Gasteiger partial charge is 0.148 e. The first kappa shape index (κ1) is 14.2. The average molecular weight is 265 g/mol. The predicted molar refractivity (Wildman–Crippen MR) is 80.5 cm³/mol. The summed E-state index contributed by atoms with van der Waals surface area (Å²) in [7, 11) is 0. The summed E-state index contributed by atoms with van der Waals surface area (Å²) in [5.41, 5.74) is 7.83. The van der Waals surface area contributed by atoms with Crippen LogP contribution in [-0.2, 0) is 0 Å². The Kier molecular flexibility index (Phi) is 4.34. The molecule has 2 rings (SSSR count). The number of nitrogen functional groups attached to an aromatic ring is 1. The molecule has 0 bridgehead atoms. The summed E-state index contributed by atoms with van der Waals surface area (Å²) in [6.45, 7) is 13.0. The highest BCUT2D eigenvalue weighted by atomic mass is 15.4. The summed E-state index contributed by atoms with van der Waals surface area (Å²) in [4.78, 5) is 2.50. The van der Waals surface area contributed by atoms with Gasteiger partial charge in [-0.15, -0.1) is 0 Å². The molecule has 5 heteroatoms. The Balaban J connectivity index is 1.99. The van der Waals surface area contributed by atoms with Gasteiger partial charge in [-0.05, 0) is 46.2 Å². The maximum atomic E-state index is 6.12. The minimum Gasteiger partial charge on any atom is -0.394 e. The molecular weight excluding hydrogens is 238 g/mol. The molecule has 1 aliphatic rings. The van der Waals surface area contributed by atoms with E-state index in [-0.39, 0.29) is 0 Å². The fraction of sp³-hybridized carbons (Fsp3) is 0.786. The van der Waals surface area contributed by atoms with Crippen molar-refractivity contribution in [1.82, 2.24) is 14.7 Å². The molecule has 3 N–H and O–H groups in total. The number of hydrogen-bond acceptors (Lipinski definition) is 4. The summed E-state index contributed by atoms with van der Waals surface area (Å²) in [5.74, 6) is 1.71. The Hall–Kier alpha value is -1.23. The fourth-order valence-electron chi connectivity index (χ4n) is 2.72. The molecule has 19 heavy (non-hydrogen) atoms. The van der Waals surface area contributed by atoms with Gasteiger partial charge >= 0.3 is 0 Å². The van der Waals surface area contributed by atoms with Crippen LogP contribution in [0.15, 0.2) is 0 Å². The molecule has 1 unspecified atom stereocenters. The van der Waals surface area contributed by atoms with Crippen molar-refractivity contribution >= 4 is 11.5 Å². The van der Waals surface area contributed by atoms with Crippen LogP contribution < -0.4 is 11.1 Å². The van der Waals surface area contributed by atoms with Crippen LogP contribution in [0, 0.1) is 12.8 Å². The SMILES string of the molecule is CCN1CCC(CNc2c(N)c(C)nn2C(C)C)C1. The van der Waals surface area contributed by atoms with E-state index in [1.165, 1.54) is 19.5 Å². The van der Waals surface area contributed by atoms with Gasteiger partial charge in [0, 0.05) is 19.1 Å². The lowest BCUT2D eigenvalue weighted by molar-refractivity contribution is 0.344. The van der Waals surface area contributed by atoms with Crippen LogP contribution in [0.4, 0.5) is 11.5 Å². The van der Waals surface area contributed by atoms with Gasteiger partial charge in [-0.25, -0.2) is 4.68 Å². The predicted octanol–water partition coefficient (Wildman–Crippen LogP) is 2.11. The number of nitrogens with one attached hydrogen (secondary N) is 1. The van der Waals surface area contributed by atoms with E-state index in [0.29, 0.717) is 6.04 Å². The van der Waals surface area contributed by atoms with Gasteiger partial charge in [0.2, 0.25) is 0 Å². The lowest BCUT2D eigenvalue weighted by Crippen LogP contribution is -2.23. The monoisotopic (exact) mass is 265 g/mol. The lowest BCUT2D eigenvalue weighted by atomic mass is 10.1. The van der Waals surface area contributed by atoms with E-state index in [9.17, 15) is 0 Å². The van der Waals surface area contributed by atoms with Crippen molar-refractivity contribution in [2.24, 2.45) is 5.92 Å². The highest BCUT2D eigenvalue weighted by Crippen LogP contribution is 2.26. The van der Waals surface area contributed by atoms with Gasteiger partial charge in [-0.3, -0.25) is 0 Å². The van der Waals surface area contributed by atoms with Crippen molar-refractivity contribution in [2.45, 2.75) is 40.2 Å². The molecule has 1 fully saturated rings. The Morgan fingerprint density at radius 2 is 2.21 bits per heavy atom. The molecule has 0 saturated carbocycles. The van der Waals surface area contributed by atoms with E-state index >= 15 is 0 Å². The van der Waals surface area contributed by atoms with Crippen LogP contribution in [0.1, 0.15) is 38.9 Å². The summed E-state index contributed by atoms with van der Waals surface area (Å²) < 4.78 is 2.00. The normalized spacial score (nSPS) is 20.4. The van der Waals surface area contributed by atoms with Crippen LogP contribution >= 0.6 is 0 Å². The van der Waals surface area contributed by atoms with E-state index < -0.39 is 0 Å². The van der Waals surface area contributed by atoms with Crippen molar-refractivity contribution in [3.8, 4) is 0 Å². The molecule has 0 aliphatic carbocycles. The van der Waals surface area contributed by atoms with Crippen LogP contribution in [0.25, 0.3) is 0 Å². The highest BCUT2D eigenvalue weighted by Gasteiger charge is 2.22. The number of nitrogens with zero attached hydrogens (tertiary/aromatic N) is 3. The van der Waals surface area contributed by atoms with Gasteiger partial charge in [-0.1, -0.05) is 6.92 Å². The van der Waals surface area contributed by atoms with E-state index in [0.717, 1.165) is 36.2 Å². The molecule has 0 spiro atoms. The number of likely N-dealkylation sites (tertiary alicyclic amines) is 1. The van der Waals surface area contributed by atoms with Crippen LogP contribution in [0.2, 0.25) is 0 Å². The fourth-order valence-corrected chi connectivity index (χ4v) is 2.72. The molecule has 1 atom stereocenters. The second-order valence-electron chi connectivity index (χ2n) is 5.81. The van der Waals surface area contributed by atoms with Crippen molar-refractivity contribution in [3.05, 3.63) is 5.69 Å². The third-order valence-corrected chi connectivity index (χ3v) is 4.00. The minimum atomic E-state index is 0.328. The van der Waals surface area contributed by atoms with Gasteiger partial charge in [0.05, 0.1) is 11.4 Å². The number of nitrogens with two attached hydrogens (primary N) is 1. The van der Waals surface area contributed by atoms with Crippen LogP contribution in [0.5, 0.6) is 0 Å². The molecule has 1 saturated heterocycles. The summed E-state index contributed by atoms with van der Waals surface area (Å²) in [6.07, 6.45) is 1.27. The van der Waals surface area contributed by atoms with Crippen LogP contribution in [0.3, 0.4) is 0 Å². The zero-order chi connectivity index (χ0) is 14.0. The summed E-state index contributed by atoms with van der Waals surface area (Å²) in [5, 5.41) is 8.02. The Morgan fingerprint density at radius 3 is 2.79 bits per heavy atom. The van der Waals surface area contributed by atoms with Gasteiger partial charge in [0.25, 0.3) is 0 Å². The molecule has 5 nitrogen and oxygen atoms in total. The van der Waals surface area contributed by atoms with Gasteiger partial charge in [0.1, 0.15) is 5.82 Å². The number of rotatable bonds is 5. The zero-order valence-electron chi connectivity index (χ0n) is 12.6. The largest absolute Gasteiger partial charge is 0.394 e. The molecule has 1 aromatic heterocycles. The van der Waals surface area contributed by atoms with Gasteiger partial charge in [-0.2, -0.15) is 5.10 Å². The number of anilines is 2. The lowest BCUT2D eigenvalue weighted by Gasteiger charge is -2.17. The number of aryl methyl sites for hydroxylation is 1. The standard InChI is InChI=1S/C14H27N5/c1-5-18-7-6-12(9-18)8-16-14-13(15)11(4)17-19(14)10(2)3/h10,12,16H,5-9,15H2,1-4H3. The first-order chi connectivity index (χ1) is 9.02. The number of aromatic nitrogens is 2. The maximum absolute atomic E-state index is 6.12. The topological polar surface area (TPSA) is 59.1 Å². The van der Waals surface area contributed by atoms with E-state index in [2.05, 4.69) is 36.1 Å². The third-order valence-electron chi connectivity index (χ3n) is 4.00. The van der Waals surface area contributed by atoms with Crippen molar-refractivity contribution < 1.29 is 0 Å².